The molecule has 1 atom stereocenters. The minimum atomic E-state index is -0.131. The molecule has 0 saturated carbocycles. The van der Waals surface area contributed by atoms with Gasteiger partial charge in [-0.1, -0.05) is 37.3 Å². The van der Waals surface area contributed by atoms with Crippen LogP contribution >= 0.6 is 11.3 Å². The van der Waals surface area contributed by atoms with E-state index in [2.05, 4.69) is 47.9 Å². The van der Waals surface area contributed by atoms with Crippen LogP contribution in [-0.2, 0) is 11.2 Å². The third kappa shape index (κ3) is 5.55. The van der Waals surface area contributed by atoms with Gasteiger partial charge in [0.2, 0.25) is 5.91 Å². The Kier molecular flexibility index (Phi) is 7.38. The molecule has 0 bridgehead atoms. The van der Waals surface area contributed by atoms with Crippen LogP contribution in [0.25, 0.3) is 0 Å². The van der Waals surface area contributed by atoms with Crippen molar-refractivity contribution in [3.8, 4) is 0 Å². The summed E-state index contributed by atoms with van der Waals surface area (Å²) in [5, 5.41) is 8.31. The molecule has 6 heteroatoms. The Morgan fingerprint density at radius 3 is 2.27 bits per heavy atom. The number of benzene rings is 2. The highest BCUT2D eigenvalue weighted by molar-refractivity contribution is 7.10. The van der Waals surface area contributed by atoms with Gasteiger partial charge < -0.3 is 10.2 Å². The minimum absolute atomic E-state index is 0.0401. The molecule has 2 N–H and O–H groups in total. The Morgan fingerprint density at radius 2 is 1.70 bits per heavy atom. The number of thiophene rings is 1. The number of hydrogen-bond donors (Lipinski definition) is 2. The summed E-state index contributed by atoms with van der Waals surface area (Å²) in [6, 6.07) is 19.5. The van der Waals surface area contributed by atoms with Crippen LogP contribution in [0, 0.1) is 0 Å². The van der Waals surface area contributed by atoms with E-state index in [4.69, 9.17) is 0 Å². The molecule has 1 aromatic heterocycles. The van der Waals surface area contributed by atoms with Gasteiger partial charge in [0.25, 0.3) is 5.91 Å². The molecule has 1 heterocycles. The van der Waals surface area contributed by atoms with Gasteiger partial charge in [-0.2, -0.15) is 0 Å². The maximum Gasteiger partial charge on any atom is 0.253 e. The van der Waals surface area contributed by atoms with Gasteiger partial charge in [0.1, 0.15) is 0 Å². The summed E-state index contributed by atoms with van der Waals surface area (Å²) >= 11 is 1.67. The number of aryl methyl sites for hydroxylation is 1. The quantitative estimate of drug-likeness (QED) is 0.569. The second kappa shape index (κ2) is 10.2. The van der Waals surface area contributed by atoms with Crippen molar-refractivity contribution < 1.29 is 9.59 Å². The summed E-state index contributed by atoms with van der Waals surface area (Å²) in [5.74, 6) is -0.198. The van der Waals surface area contributed by atoms with Gasteiger partial charge in [0, 0.05) is 30.2 Å². The zero-order valence-corrected chi connectivity index (χ0v) is 18.3. The fourth-order valence-corrected chi connectivity index (χ4v) is 3.97. The second-order valence-electron chi connectivity index (χ2n) is 7.25. The van der Waals surface area contributed by atoms with Gasteiger partial charge in [-0.15, -0.1) is 11.3 Å². The zero-order valence-electron chi connectivity index (χ0n) is 17.5. The van der Waals surface area contributed by atoms with Gasteiger partial charge in [-0.05, 0) is 53.3 Å². The summed E-state index contributed by atoms with van der Waals surface area (Å²) in [6.45, 7) is 2.31. The van der Waals surface area contributed by atoms with Crippen molar-refractivity contribution in [1.29, 1.82) is 0 Å². The molecule has 3 aromatic rings. The van der Waals surface area contributed by atoms with E-state index in [0.717, 1.165) is 12.0 Å². The highest BCUT2D eigenvalue weighted by atomic mass is 32.1. The predicted octanol–water partition coefficient (Wildman–Crippen LogP) is 4.33. The molecule has 3 rings (SSSR count). The van der Waals surface area contributed by atoms with Crippen molar-refractivity contribution in [3.05, 3.63) is 87.6 Å². The van der Waals surface area contributed by atoms with Crippen LogP contribution in [0.15, 0.2) is 66.0 Å². The van der Waals surface area contributed by atoms with Crippen LogP contribution in [0.1, 0.15) is 39.3 Å². The molecule has 2 amide bonds. The van der Waals surface area contributed by atoms with Crippen LogP contribution in [-0.4, -0.2) is 37.4 Å². The summed E-state index contributed by atoms with van der Waals surface area (Å²) < 4.78 is 0. The van der Waals surface area contributed by atoms with Crippen molar-refractivity contribution >= 4 is 28.8 Å². The third-order valence-electron chi connectivity index (χ3n) is 4.84. The molecule has 30 heavy (non-hydrogen) atoms. The Balaban J connectivity index is 1.63. The van der Waals surface area contributed by atoms with Crippen molar-refractivity contribution in [2.75, 3.05) is 26.0 Å². The number of hydrogen-bond acceptors (Lipinski definition) is 4. The lowest BCUT2D eigenvalue weighted by Crippen LogP contribution is -2.31. The fraction of sp³-hybridized carbons (Fsp3) is 0.250. The topological polar surface area (TPSA) is 61.4 Å². The molecule has 0 aliphatic carbocycles. The SMILES string of the molecule is CCc1ccc([C@H](NCC(=O)Nc2ccc(C(=O)N(C)C)cc2)c2cccs2)cc1. The van der Waals surface area contributed by atoms with Crippen LogP contribution in [0.5, 0.6) is 0 Å². The Bertz CT molecular complexity index is 965. The molecule has 0 fully saturated rings. The van der Waals surface area contributed by atoms with E-state index in [0.29, 0.717) is 11.3 Å². The number of rotatable bonds is 8. The number of carbonyl (C=O) groups excluding carboxylic acids is 2. The molecule has 2 aromatic carbocycles. The monoisotopic (exact) mass is 421 g/mol. The standard InChI is InChI=1S/C24H27N3O2S/c1-4-17-7-9-18(10-8-17)23(21-6-5-15-30-21)25-16-22(28)26-20-13-11-19(12-14-20)24(29)27(2)3/h5-15,23,25H,4,16H2,1-3H3,(H,26,28)/t23-/m0/s1. The number of nitrogens with zero attached hydrogens (tertiary/aromatic N) is 1. The van der Waals surface area contributed by atoms with Crippen LogP contribution < -0.4 is 10.6 Å². The normalized spacial score (nSPS) is 11.7. The minimum Gasteiger partial charge on any atom is -0.345 e. The number of nitrogens with one attached hydrogen (secondary N) is 2. The van der Waals surface area contributed by atoms with E-state index in [-0.39, 0.29) is 24.4 Å². The van der Waals surface area contributed by atoms with E-state index in [9.17, 15) is 9.59 Å². The highest BCUT2D eigenvalue weighted by Gasteiger charge is 2.16. The summed E-state index contributed by atoms with van der Waals surface area (Å²) in [5.41, 5.74) is 3.67. The molecule has 156 valence electrons. The molecule has 5 nitrogen and oxygen atoms in total. The van der Waals surface area contributed by atoms with Gasteiger partial charge in [0.15, 0.2) is 0 Å². The summed E-state index contributed by atoms with van der Waals surface area (Å²) in [7, 11) is 3.42. The Labute approximate surface area is 181 Å². The van der Waals surface area contributed by atoms with Gasteiger partial charge in [-0.3, -0.25) is 14.9 Å². The van der Waals surface area contributed by atoms with Crippen molar-refractivity contribution in [3.63, 3.8) is 0 Å². The van der Waals surface area contributed by atoms with Gasteiger partial charge in [-0.25, -0.2) is 0 Å². The van der Waals surface area contributed by atoms with Crippen molar-refractivity contribution in [2.24, 2.45) is 0 Å². The van der Waals surface area contributed by atoms with Gasteiger partial charge in [0.05, 0.1) is 12.6 Å². The molecular formula is C24H27N3O2S. The first-order valence-corrected chi connectivity index (χ1v) is 10.8. The highest BCUT2D eigenvalue weighted by Crippen LogP contribution is 2.26. The van der Waals surface area contributed by atoms with E-state index in [1.807, 2.05) is 11.4 Å². The lowest BCUT2D eigenvalue weighted by Gasteiger charge is -2.18. The molecule has 0 aliphatic heterocycles. The number of carbonyl (C=O) groups is 2. The third-order valence-corrected chi connectivity index (χ3v) is 5.77. The van der Waals surface area contributed by atoms with E-state index in [1.165, 1.54) is 15.3 Å². The summed E-state index contributed by atoms with van der Waals surface area (Å²) in [4.78, 5) is 27.2. The van der Waals surface area contributed by atoms with Crippen LogP contribution in [0.2, 0.25) is 0 Å². The van der Waals surface area contributed by atoms with E-state index >= 15 is 0 Å². The molecule has 0 saturated heterocycles. The van der Waals surface area contributed by atoms with Crippen LogP contribution in [0.3, 0.4) is 0 Å². The number of amides is 2. The van der Waals surface area contributed by atoms with E-state index in [1.54, 1.807) is 49.7 Å². The van der Waals surface area contributed by atoms with Crippen LogP contribution in [0.4, 0.5) is 5.69 Å². The second-order valence-corrected chi connectivity index (χ2v) is 8.23. The van der Waals surface area contributed by atoms with Gasteiger partial charge >= 0.3 is 0 Å². The predicted molar refractivity (Wildman–Crippen MR) is 123 cm³/mol. The first-order chi connectivity index (χ1) is 14.5. The first-order valence-electron chi connectivity index (χ1n) is 9.95. The average Bonchev–Trinajstić information content (AvgIpc) is 3.29. The number of anilines is 1. The molecule has 0 aliphatic rings. The maximum absolute atomic E-state index is 12.5. The molecular weight excluding hydrogens is 394 g/mol. The fourth-order valence-electron chi connectivity index (χ4n) is 3.14. The zero-order chi connectivity index (χ0) is 21.5. The lowest BCUT2D eigenvalue weighted by molar-refractivity contribution is -0.115. The summed E-state index contributed by atoms with van der Waals surface area (Å²) in [6.07, 6.45) is 0.999. The largest absolute Gasteiger partial charge is 0.345 e. The average molecular weight is 422 g/mol. The van der Waals surface area contributed by atoms with Crippen molar-refractivity contribution in [2.45, 2.75) is 19.4 Å². The van der Waals surface area contributed by atoms with E-state index < -0.39 is 0 Å². The first kappa shape index (κ1) is 21.7. The Hall–Kier alpha value is -2.96. The molecule has 0 radical (unpaired) electrons. The lowest BCUT2D eigenvalue weighted by atomic mass is 10.0. The van der Waals surface area contributed by atoms with Crippen molar-refractivity contribution in [1.82, 2.24) is 10.2 Å². The Morgan fingerprint density at radius 1 is 1.00 bits per heavy atom. The smallest absolute Gasteiger partial charge is 0.253 e. The molecule has 0 unspecified atom stereocenters. The maximum atomic E-state index is 12.5. The molecule has 0 spiro atoms.